The molecule has 2 N–H and O–H groups in total. The van der Waals surface area contributed by atoms with Crippen molar-refractivity contribution in [3.05, 3.63) is 127 Å². The minimum absolute atomic E-state index is 0.135. The van der Waals surface area contributed by atoms with E-state index in [1.165, 1.54) is 6.08 Å². The molecule has 148 valence electrons. The van der Waals surface area contributed by atoms with Crippen LogP contribution in [0.15, 0.2) is 88.6 Å². The molecule has 0 aliphatic heterocycles. The van der Waals surface area contributed by atoms with E-state index in [2.05, 4.69) is 15.0 Å². The lowest BCUT2D eigenvalue weighted by atomic mass is 10.2. The first-order chi connectivity index (χ1) is 14.7. The topological polar surface area (TPSA) is 87.8 Å². The largest absolute Gasteiger partial charge is 0.487 e. The van der Waals surface area contributed by atoms with Gasteiger partial charge in [0.25, 0.3) is 11.1 Å². The molecule has 0 bridgehead atoms. The molecule has 2 heterocycles. The molecule has 0 unspecified atom stereocenters. The molecule has 6 heteroatoms. The van der Waals surface area contributed by atoms with Crippen molar-refractivity contribution in [1.29, 1.82) is 0 Å². The molecule has 4 rings (SSSR count). The van der Waals surface area contributed by atoms with E-state index in [0.717, 1.165) is 11.1 Å². The lowest BCUT2D eigenvalue weighted by Gasteiger charge is -2.05. The molecule has 2 aromatic carbocycles. The number of nitrogens with zero attached hydrogens (tertiary/aromatic N) is 1. The van der Waals surface area contributed by atoms with Crippen molar-refractivity contribution < 1.29 is 4.74 Å². The Morgan fingerprint density at radius 1 is 0.767 bits per heavy atom. The van der Waals surface area contributed by atoms with Gasteiger partial charge in [-0.05, 0) is 35.4 Å². The molecule has 0 fully saturated rings. The Morgan fingerprint density at radius 2 is 1.40 bits per heavy atom. The fourth-order valence-electron chi connectivity index (χ4n) is 2.86. The summed E-state index contributed by atoms with van der Waals surface area (Å²) >= 11 is 0. The van der Waals surface area contributed by atoms with Crippen molar-refractivity contribution in [2.24, 2.45) is 0 Å². The van der Waals surface area contributed by atoms with Crippen molar-refractivity contribution in [3.63, 3.8) is 0 Å². The fourth-order valence-corrected chi connectivity index (χ4v) is 2.86. The van der Waals surface area contributed by atoms with Crippen LogP contribution in [-0.2, 0) is 6.61 Å². The third kappa shape index (κ3) is 4.80. The highest BCUT2D eigenvalue weighted by atomic mass is 16.5. The van der Waals surface area contributed by atoms with Gasteiger partial charge < -0.3 is 14.7 Å². The first-order valence-corrected chi connectivity index (χ1v) is 9.41. The smallest absolute Gasteiger partial charge is 0.272 e. The zero-order valence-electron chi connectivity index (χ0n) is 16.0. The molecule has 4 aromatic rings. The number of aromatic nitrogens is 3. The minimum atomic E-state index is -0.400. The van der Waals surface area contributed by atoms with Crippen LogP contribution >= 0.6 is 0 Å². The van der Waals surface area contributed by atoms with Crippen LogP contribution in [0.2, 0.25) is 0 Å². The van der Waals surface area contributed by atoms with Gasteiger partial charge in [0.2, 0.25) is 0 Å². The van der Waals surface area contributed by atoms with Crippen molar-refractivity contribution in [3.8, 4) is 5.75 Å². The zero-order valence-corrected chi connectivity index (χ0v) is 16.0. The highest BCUT2D eigenvalue weighted by molar-refractivity contribution is 5.48. The minimum Gasteiger partial charge on any atom is -0.487 e. The number of H-pyrrole nitrogens is 2. The van der Waals surface area contributed by atoms with Crippen molar-refractivity contribution in [2.75, 3.05) is 0 Å². The predicted molar refractivity (Wildman–Crippen MR) is 116 cm³/mol. The summed E-state index contributed by atoms with van der Waals surface area (Å²) in [6, 6.07) is 22.6. The van der Waals surface area contributed by atoms with Crippen LogP contribution in [0.1, 0.15) is 16.8 Å². The third-order valence-corrected chi connectivity index (χ3v) is 4.40. The van der Waals surface area contributed by atoms with Gasteiger partial charge >= 0.3 is 0 Å². The lowest BCUT2D eigenvalue weighted by Crippen LogP contribution is -2.46. The first kappa shape index (κ1) is 19.1. The monoisotopic (exact) mass is 397 g/mol. The van der Waals surface area contributed by atoms with E-state index in [1.807, 2.05) is 60.7 Å². The third-order valence-electron chi connectivity index (χ3n) is 4.40. The molecule has 6 nitrogen and oxygen atoms in total. The second-order valence-electron chi connectivity index (χ2n) is 6.63. The van der Waals surface area contributed by atoms with Gasteiger partial charge in [-0.15, -0.1) is 0 Å². The van der Waals surface area contributed by atoms with E-state index in [0.29, 0.717) is 18.1 Å². The van der Waals surface area contributed by atoms with Gasteiger partial charge in [-0.2, -0.15) is 0 Å². The van der Waals surface area contributed by atoms with E-state index in [4.69, 9.17) is 4.74 Å². The maximum absolute atomic E-state index is 12.4. The van der Waals surface area contributed by atoms with Crippen LogP contribution in [0, 0.1) is 0 Å². The van der Waals surface area contributed by atoms with Gasteiger partial charge in [0.05, 0.1) is 11.9 Å². The van der Waals surface area contributed by atoms with Gasteiger partial charge in [-0.1, -0.05) is 60.7 Å². The molecule has 2 aromatic heterocycles. The standard InChI is InChI=1S/C24H19N3O3/c28-23-21(13-17-7-3-1-4-8-17)26-24(29)22(27-23)14-19-11-12-20(15-25-19)30-16-18-9-5-2-6-10-18/h1-15H,16H2,(H,26,29)(H,27,28)/b21-13-,22-14+. The van der Waals surface area contributed by atoms with E-state index in [9.17, 15) is 9.59 Å². The van der Waals surface area contributed by atoms with Crippen LogP contribution in [-0.4, -0.2) is 15.0 Å². The molecule has 30 heavy (non-hydrogen) atoms. The van der Waals surface area contributed by atoms with E-state index in [-0.39, 0.29) is 16.3 Å². The Balaban J connectivity index is 1.56. The van der Waals surface area contributed by atoms with Gasteiger partial charge in [0.15, 0.2) is 0 Å². The average molecular weight is 397 g/mol. The zero-order chi connectivity index (χ0) is 20.8. The van der Waals surface area contributed by atoms with E-state index in [1.54, 1.807) is 24.4 Å². The Kier molecular flexibility index (Phi) is 5.66. The molecule has 0 saturated carbocycles. The first-order valence-electron chi connectivity index (χ1n) is 9.41. The average Bonchev–Trinajstić information content (AvgIpc) is 2.78. The SMILES string of the molecule is O=c1[nH]/c(=C/c2ccc(OCc3ccccc3)cn2)c(=O)[nH]/c1=C\c1ccccc1. The summed E-state index contributed by atoms with van der Waals surface area (Å²) < 4.78 is 5.71. The quantitative estimate of drug-likeness (QED) is 0.537. The normalized spacial score (nSPS) is 12.1. The highest BCUT2D eigenvalue weighted by Gasteiger charge is 2.00. The summed E-state index contributed by atoms with van der Waals surface area (Å²) in [6.07, 6.45) is 4.73. The molecular weight excluding hydrogens is 378 g/mol. The van der Waals surface area contributed by atoms with Gasteiger partial charge in [-0.3, -0.25) is 14.6 Å². The van der Waals surface area contributed by atoms with E-state index < -0.39 is 5.56 Å². The maximum Gasteiger partial charge on any atom is 0.272 e. The summed E-state index contributed by atoms with van der Waals surface area (Å²) in [4.78, 5) is 34.3. The van der Waals surface area contributed by atoms with Crippen LogP contribution in [0.25, 0.3) is 12.2 Å². The maximum atomic E-state index is 12.4. The molecule has 0 amide bonds. The van der Waals surface area contributed by atoms with Crippen LogP contribution < -0.4 is 26.6 Å². The molecule has 0 radical (unpaired) electrons. The molecule has 0 aliphatic carbocycles. The number of benzene rings is 2. The molecule has 0 atom stereocenters. The Bertz CT molecular complexity index is 1360. The van der Waals surface area contributed by atoms with Crippen LogP contribution in [0.5, 0.6) is 5.75 Å². The predicted octanol–water partition coefficient (Wildman–Crippen LogP) is 1.69. The van der Waals surface area contributed by atoms with Crippen molar-refractivity contribution in [1.82, 2.24) is 15.0 Å². The summed E-state index contributed by atoms with van der Waals surface area (Å²) in [6.45, 7) is 0.442. The highest BCUT2D eigenvalue weighted by Crippen LogP contribution is 2.12. The number of pyridine rings is 1. The number of nitrogens with one attached hydrogen (secondary N) is 2. The number of aromatic amines is 2. The summed E-state index contributed by atoms with van der Waals surface area (Å²) in [7, 11) is 0. The Labute approximate surface area is 171 Å². The number of ether oxygens (including phenoxy) is 1. The second-order valence-corrected chi connectivity index (χ2v) is 6.63. The van der Waals surface area contributed by atoms with Gasteiger partial charge in [0, 0.05) is 0 Å². The van der Waals surface area contributed by atoms with Crippen molar-refractivity contribution in [2.45, 2.75) is 6.61 Å². The fraction of sp³-hybridized carbons (Fsp3) is 0.0417. The number of hydrogen-bond acceptors (Lipinski definition) is 4. The van der Waals surface area contributed by atoms with Crippen molar-refractivity contribution >= 4 is 12.2 Å². The second kappa shape index (κ2) is 8.87. The molecule has 0 spiro atoms. The molecule has 0 aliphatic rings. The van der Waals surface area contributed by atoms with Crippen LogP contribution in [0.3, 0.4) is 0 Å². The lowest BCUT2D eigenvalue weighted by molar-refractivity contribution is 0.305. The van der Waals surface area contributed by atoms with Gasteiger partial charge in [0.1, 0.15) is 23.1 Å². The van der Waals surface area contributed by atoms with Crippen LogP contribution in [0.4, 0.5) is 0 Å². The summed E-state index contributed by atoms with van der Waals surface area (Å²) in [5.41, 5.74) is 1.63. The summed E-state index contributed by atoms with van der Waals surface area (Å²) in [5, 5.41) is 0.330. The number of hydrogen-bond donors (Lipinski definition) is 2. The van der Waals surface area contributed by atoms with E-state index >= 15 is 0 Å². The van der Waals surface area contributed by atoms with Gasteiger partial charge in [-0.25, -0.2) is 0 Å². The molecule has 0 saturated heterocycles. The Morgan fingerprint density at radius 3 is 2.03 bits per heavy atom. The summed E-state index contributed by atoms with van der Waals surface area (Å²) in [5.74, 6) is 0.617. The molecular formula is C24H19N3O3. The Hall–Kier alpha value is -4.19. The number of rotatable bonds is 5.